The van der Waals surface area contributed by atoms with Crippen LogP contribution in [0, 0.1) is 12.8 Å². The molecule has 0 bridgehead atoms. The van der Waals surface area contributed by atoms with Crippen LogP contribution in [0.4, 0.5) is 0 Å². The highest BCUT2D eigenvalue weighted by Gasteiger charge is 2.23. The minimum absolute atomic E-state index is 0.427. The van der Waals surface area contributed by atoms with Crippen molar-refractivity contribution in [2.24, 2.45) is 5.92 Å². The fourth-order valence-corrected chi connectivity index (χ4v) is 3.07. The number of ketones is 1. The maximum atomic E-state index is 11.5. The van der Waals surface area contributed by atoms with Crippen molar-refractivity contribution in [3.63, 3.8) is 0 Å². The molecule has 0 N–H and O–H groups in total. The van der Waals surface area contributed by atoms with Crippen LogP contribution in [0.2, 0.25) is 0 Å². The molecular weight excluding hydrogens is 280 g/mol. The number of nitrogens with zero attached hydrogens (tertiary/aromatic N) is 2. The summed E-state index contributed by atoms with van der Waals surface area (Å²) in [6.45, 7) is 5.02. The Hall–Kier alpha value is -0.640. The Labute approximate surface area is 111 Å². The monoisotopic (exact) mass is 298 g/mol. The van der Waals surface area contributed by atoms with Crippen LogP contribution in [-0.4, -0.2) is 15.6 Å². The van der Waals surface area contributed by atoms with E-state index in [9.17, 15) is 4.79 Å². The molecule has 1 heterocycles. The zero-order chi connectivity index (χ0) is 12.4. The smallest absolute Gasteiger partial charge is 0.133 e. The Kier molecular flexibility index (Phi) is 4.02. The number of Topliss-reactive ketones (excluding diaryl/α,β-unsaturated/α-hetero) is 1. The van der Waals surface area contributed by atoms with Crippen LogP contribution in [0.15, 0.2) is 4.47 Å². The van der Waals surface area contributed by atoms with E-state index in [2.05, 4.69) is 32.6 Å². The van der Waals surface area contributed by atoms with Gasteiger partial charge in [-0.25, -0.2) is 0 Å². The van der Waals surface area contributed by atoms with E-state index in [4.69, 9.17) is 0 Å². The third kappa shape index (κ3) is 2.79. The summed E-state index contributed by atoms with van der Waals surface area (Å²) >= 11 is 3.62. The fourth-order valence-electron chi connectivity index (χ4n) is 2.63. The second kappa shape index (κ2) is 5.34. The number of aromatic nitrogens is 2. The quantitative estimate of drug-likeness (QED) is 0.858. The number of carbonyl (C=O) groups is 1. The molecule has 94 valence electrons. The molecule has 1 fully saturated rings. The van der Waals surface area contributed by atoms with Gasteiger partial charge in [0.25, 0.3) is 0 Å². The predicted octanol–water partition coefficient (Wildman–Crippen LogP) is 3.28. The van der Waals surface area contributed by atoms with E-state index in [0.717, 1.165) is 42.4 Å². The molecule has 17 heavy (non-hydrogen) atoms. The minimum Gasteiger partial charge on any atom is -0.300 e. The maximum absolute atomic E-state index is 11.5. The van der Waals surface area contributed by atoms with Crippen molar-refractivity contribution in [1.82, 2.24) is 9.78 Å². The molecule has 1 unspecified atom stereocenters. The van der Waals surface area contributed by atoms with Crippen LogP contribution < -0.4 is 0 Å². The van der Waals surface area contributed by atoms with Crippen LogP contribution in [0.1, 0.15) is 44.0 Å². The molecule has 1 aliphatic rings. The predicted molar refractivity (Wildman–Crippen MR) is 71.0 cm³/mol. The highest BCUT2D eigenvalue weighted by molar-refractivity contribution is 9.10. The lowest BCUT2D eigenvalue weighted by molar-refractivity contribution is -0.121. The number of rotatable bonds is 3. The summed E-state index contributed by atoms with van der Waals surface area (Å²) < 4.78 is 3.18. The molecule has 2 rings (SSSR count). The van der Waals surface area contributed by atoms with Crippen LogP contribution in [0.25, 0.3) is 0 Å². The first-order valence-corrected chi connectivity index (χ1v) is 7.14. The number of aryl methyl sites for hydroxylation is 2. The Morgan fingerprint density at radius 1 is 1.53 bits per heavy atom. The molecule has 0 radical (unpaired) electrons. The Bertz CT molecular complexity index is 425. The van der Waals surface area contributed by atoms with E-state index < -0.39 is 0 Å². The van der Waals surface area contributed by atoms with E-state index in [1.807, 2.05) is 6.92 Å². The third-order valence-electron chi connectivity index (χ3n) is 3.52. The van der Waals surface area contributed by atoms with E-state index in [1.54, 1.807) is 0 Å². The zero-order valence-electron chi connectivity index (χ0n) is 10.5. The van der Waals surface area contributed by atoms with E-state index >= 15 is 0 Å². The van der Waals surface area contributed by atoms with Gasteiger partial charge in [-0.05, 0) is 55.0 Å². The van der Waals surface area contributed by atoms with Gasteiger partial charge < -0.3 is 0 Å². The second-order valence-corrected chi connectivity index (χ2v) is 5.66. The molecule has 1 atom stereocenters. The van der Waals surface area contributed by atoms with Crippen molar-refractivity contribution in [3.8, 4) is 0 Å². The lowest BCUT2D eigenvalue weighted by Crippen LogP contribution is -2.18. The highest BCUT2D eigenvalue weighted by Crippen LogP contribution is 2.29. The van der Waals surface area contributed by atoms with Crippen LogP contribution in [-0.2, 0) is 17.8 Å². The first-order valence-electron chi connectivity index (χ1n) is 6.35. The molecule has 0 spiro atoms. The van der Waals surface area contributed by atoms with Gasteiger partial charge in [0.1, 0.15) is 5.78 Å². The van der Waals surface area contributed by atoms with Gasteiger partial charge in [0.15, 0.2) is 0 Å². The van der Waals surface area contributed by atoms with Crippen molar-refractivity contribution in [3.05, 3.63) is 15.9 Å². The van der Waals surface area contributed by atoms with Gasteiger partial charge in [0, 0.05) is 19.4 Å². The molecule has 1 aromatic heterocycles. The molecule has 3 nitrogen and oxygen atoms in total. The van der Waals surface area contributed by atoms with Gasteiger partial charge >= 0.3 is 0 Å². The lowest BCUT2D eigenvalue weighted by atomic mass is 9.85. The minimum atomic E-state index is 0.427. The van der Waals surface area contributed by atoms with Gasteiger partial charge in [-0.15, -0.1) is 0 Å². The van der Waals surface area contributed by atoms with Crippen molar-refractivity contribution >= 4 is 21.7 Å². The summed E-state index contributed by atoms with van der Waals surface area (Å²) in [4.78, 5) is 11.5. The Morgan fingerprint density at radius 3 is 2.94 bits per heavy atom. The summed E-state index contributed by atoms with van der Waals surface area (Å²) in [5.41, 5.74) is 2.30. The summed E-state index contributed by atoms with van der Waals surface area (Å²) in [7, 11) is 0. The van der Waals surface area contributed by atoms with Crippen molar-refractivity contribution in [2.45, 2.75) is 52.5 Å². The molecule has 1 aromatic rings. The average Bonchev–Trinajstić information content (AvgIpc) is 2.57. The largest absolute Gasteiger partial charge is 0.300 e. The van der Waals surface area contributed by atoms with Gasteiger partial charge in [0.05, 0.1) is 15.9 Å². The molecule has 0 aromatic carbocycles. The summed E-state index contributed by atoms with van der Waals surface area (Å²) in [5.74, 6) is 0.936. The third-order valence-corrected chi connectivity index (χ3v) is 4.55. The Morgan fingerprint density at radius 2 is 2.29 bits per heavy atom. The standard InChI is InChI=1S/C13H19BrN2O/c1-3-16-12(13(14)9(2)15-16)8-10-5-4-6-11(17)7-10/h10H,3-8H2,1-2H3. The van der Waals surface area contributed by atoms with Gasteiger partial charge in [0.2, 0.25) is 0 Å². The number of hydrogen-bond acceptors (Lipinski definition) is 2. The Balaban J connectivity index is 2.14. The van der Waals surface area contributed by atoms with Crippen molar-refractivity contribution in [1.29, 1.82) is 0 Å². The van der Waals surface area contributed by atoms with Crippen molar-refractivity contribution < 1.29 is 4.79 Å². The van der Waals surface area contributed by atoms with Gasteiger partial charge in [-0.2, -0.15) is 5.10 Å². The summed E-state index contributed by atoms with van der Waals surface area (Å²) in [5, 5.41) is 4.50. The van der Waals surface area contributed by atoms with Crippen molar-refractivity contribution in [2.75, 3.05) is 0 Å². The molecule has 0 saturated heterocycles. The summed E-state index contributed by atoms with van der Waals surface area (Å²) in [6.07, 6.45) is 4.73. The topological polar surface area (TPSA) is 34.9 Å². The second-order valence-electron chi connectivity index (χ2n) is 4.87. The fraction of sp³-hybridized carbons (Fsp3) is 0.692. The normalized spacial score (nSPS) is 20.9. The molecule has 4 heteroatoms. The van der Waals surface area contributed by atoms with E-state index in [1.165, 1.54) is 12.1 Å². The van der Waals surface area contributed by atoms with E-state index in [-0.39, 0.29) is 0 Å². The molecule has 1 saturated carbocycles. The van der Waals surface area contributed by atoms with Gasteiger partial charge in [-0.3, -0.25) is 9.48 Å². The van der Waals surface area contributed by atoms with Crippen LogP contribution >= 0.6 is 15.9 Å². The number of carbonyl (C=O) groups excluding carboxylic acids is 1. The molecule has 1 aliphatic carbocycles. The number of halogens is 1. The average molecular weight is 299 g/mol. The lowest BCUT2D eigenvalue weighted by Gasteiger charge is -2.21. The van der Waals surface area contributed by atoms with Crippen LogP contribution in [0.3, 0.4) is 0 Å². The number of hydrogen-bond donors (Lipinski definition) is 0. The highest BCUT2D eigenvalue weighted by atomic mass is 79.9. The first kappa shape index (κ1) is 12.8. The molecular formula is C13H19BrN2O. The molecule has 0 aliphatic heterocycles. The van der Waals surface area contributed by atoms with Gasteiger partial charge in [-0.1, -0.05) is 0 Å². The first-order chi connectivity index (χ1) is 8.11. The maximum Gasteiger partial charge on any atom is 0.133 e. The SMILES string of the molecule is CCn1nc(C)c(Br)c1CC1CCCC(=O)C1. The zero-order valence-corrected chi connectivity index (χ0v) is 12.1. The van der Waals surface area contributed by atoms with Crippen LogP contribution in [0.5, 0.6) is 0 Å². The summed E-state index contributed by atoms with van der Waals surface area (Å²) in [6, 6.07) is 0. The van der Waals surface area contributed by atoms with E-state index in [0.29, 0.717) is 11.7 Å². The molecule has 0 amide bonds.